The lowest BCUT2D eigenvalue weighted by atomic mass is 10.5. The Bertz CT molecular complexity index is 310. The molecule has 1 rings (SSSR count). The van der Waals surface area contributed by atoms with E-state index in [0.29, 0.717) is 11.6 Å². The number of hydrogen-bond acceptors (Lipinski definition) is 4. The van der Waals surface area contributed by atoms with E-state index in [2.05, 4.69) is 21.9 Å². The first-order chi connectivity index (χ1) is 5.72. The van der Waals surface area contributed by atoms with Gasteiger partial charge in [-0.05, 0) is 6.08 Å². The van der Waals surface area contributed by atoms with E-state index in [-0.39, 0.29) is 5.91 Å². The molecule has 0 aromatic carbocycles. The van der Waals surface area contributed by atoms with Gasteiger partial charge in [-0.3, -0.25) is 4.79 Å². The van der Waals surface area contributed by atoms with Crippen LogP contribution in [0.5, 0.6) is 0 Å². The van der Waals surface area contributed by atoms with Gasteiger partial charge in [0.05, 0.1) is 0 Å². The average molecular weight is 164 g/mol. The first-order valence-corrected chi connectivity index (χ1v) is 3.23. The van der Waals surface area contributed by atoms with Crippen LogP contribution >= 0.6 is 0 Å². The molecule has 1 aromatic rings. The number of nitrogens with zero attached hydrogens (tertiary/aromatic N) is 2. The minimum Gasteiger partial charge on any atom is -0.384 e. The van der Waals surface area contributed by atoms with Crippen molar-refractivity contribution in [3.63, 3.8) is 0 Å². The minimum atomic E-state index is -0.326. The Morgan fingerprint density at radius 1 is 1.67 bits per heavy atom. The van der Waals surface area contributed by atoms with Crippen molar-refractivity contribution in [2.75, 3.05) is 11.1 Å². The SMILES string of the molecule is C=CC(=O)Nc1cc(N)ncn1. The lowest BCUT2D eigenvalue weighted by Gasteiger charge is -1.99. The molecule has 0 bridgehead atoms. The van der Waals surface area contributed by atoms with Crippen molar-refractivity contribution in [2.45, 2.75) is 0 Å². The summed E-state index contributed by atoms with van der Waals surface area (Å²) in [5, 5.41) is 2.44. The highest BCUT2D eigenvalue weighted by atomic mass is 16.1. The number of aromatic nitrogens is 2. The van der Waals surface area contributed by atoms with Gasteiger partial charge >= 0.3 is 0 Å². The molecule has 0 atom stereocenters. The molecule has 12 heavy (non-hydrogen) atoms. The summed E-state index contributed by atoms with van der Waals surface area (Å²) in [6.07, 6.45) is 2.42. The zero-order chi connectivity index (χ0) is 8.97. The average Bonchev–Trinajstić information content (AvgIpc) is 2.04. The number of carbonyl (C=O) groups excluding carboxylic acids is 1. The molecular formula is C7H8N4O. The van der Waals surface area contributed by atoms with Crippen LogP contribution in [0, 0.1) is 0 Å². The summed E-state index contributed by atoms with van der Waals surface area (Å²) in [5.74, 6) is 0.352. The number of nitrogens with one attached hydrogen (secondary N) is 1. The van der Waals surface area contributed by atoms with E-state index in [9.17, 15) is 4.79 Å². The van der Waals surface area contributed by atoms with E-state index < -0.39 is 0 Å². The second-order valence-electron chi connectivity index (χ2n) is 2.02. The van der Waals surface area contributed by atoms with Gasteiger partial charge in [-0.15, -0.1) is 0 Å². The Balaban J connectivity index is 2.76. The third kappa shape index (κ3) is 2.05. The number of nitrogens with two attached hydrogens (primary N) is 1. The van der Waals surface area contributed by atoms with E-state index in [0.717, 1.165) is 6.08 Å². The van der Waals surface area contributed by atoms with E-state index in [1.54, 1.807) is 0 Å². The summed E-state index contributed by atoms with van der Waals surface area (Å²) in [5.41, 5.74) is 5.35. The summed E-state index contributed by atoms with van der Waals surface area (Å²) in [7, 11) is 0. The van der Waals surface area contributed by atoms with Gasteiger partial charge < -0.3 is 11.1 Å². The number of carbonyl (C=O) groups is 1. The molecule has 1 heterocycles. The molecule has 0 saturated carbocycles. The summed E-state index contributed by atoms with van der Waals surface area (Å²) in [6, 6.07) is 1.46. The maximum absolute atomic E-state index is 10.8. The van der Waals surface area contributed by atoms with Gasteiger partial charge in [-0.25, -0.2) is 9.97 Å². The summed E-state index contributed by atoms with van der Waals surface area (Å²) >= 11 is 0. The summed E-state index contributed by atoms with van der Waals surface area (Å²) in [6.45, 7) is 3.29. The van der Waals surface area contributed by atoms with Gasteiger partial charge in [-0.1, -0.05) is 6.58 Å². The highest BCUT2D eigenvalue weighted by molar-refractivity contribution is 5.98. The molecule has 3 N–H and O–H groups in total. The highest BCUT2D eigenvalue weighted by Gasteiger charge is 1.97. The van der Waals surface area contributed by atoms with Crippen molar-refractivity contribution in [1.29, 1.82) is 0 Å². The molecule has 0 aliphatic carbocycles. The van der Waals surface area contributed by atoms with E-state index >= 15 is 0 Å². The predicted molar refractivity (Wildman–Crippen MR) is 45.3 cm³/mol. The number of amides is 1. The molecule has 5 nitrogen and oxygen atoms in total. The van der Waals surface area contributed by atoms with E-state index in [1.165, 1.54) is 12.4 Å². The minimum absolute atomic E-state index is 0.310. The van der Waals surface area contributed by atoms with Crippen LogP contribution in [0.15, 0.2) is 25.0 Å². The van der Waals surface area contributed by atoms with Gasteiger partial charge in [-0.2, -0.15) is 0 Å². The molecule has 0 unspecified atom stereocenters. The molecule has 0 saturated heterocycles. The second-order valence-corrected chi connectivity index (χ2v) is 2.02. The maximum Gasteiger partial charge on any atom is 0.248 e. The van der Waals surface area contributed by atoms with Crippen molar-refractivity contribution < 1.29 is 4.79 Å². The maximum atomic E-state index is 10.8. The van der Waals surface area contributed by atoms with Crippen LogP contribution in [-0.4, -0.2) is 15.9 Å². The molecule has 0 aliphatic rings. The molecule has 62 valence electrons. The van der Waals surface area contributed by atoms with Crippen LogP contribution in [0.1, 0.15) is 0 Å². The molecule has 0 fully saturated rings. The zero-order valence-corrected chi connectivity index (χ0v) is 6.32. The standard InChI is InChI=1S/C7H8N4O/c1-2-7(12)11-6-3-5(8)9-4-10-6/h2-4H,1H2,(H3,8,9,10,11,12). The van der Waals surface area contributed by atoms with E-state index in [1.807, 2.05) is 0 Å². The van der Waals surface area contributed by atoms with Crippen molar-refractivity contribution >= 4 is 17.5 Å². The molecule has 0 spiro atoms. The van der Waals surface area contributed by atoms with Gasteiger partial charge in [0.15, 0.2) is 0 Å². The zero-order valence-electron chi connectivity index (χ0n) is 6.32. The van der Waals surface area contributed by atoms with Crippen LogP contribution < -0.4 is 11.1 Å². The molecule has 1 amide bonds. The van der Waals surface area contributed by atoms with Gasteiger partial charge in [0.1, 0.15) is 18.0 Å². The largest absolute Gasteiger partial charge is 0.384 e. The van der Waals surface area contributed by atoms with Crippen molar-refractivity contribution in [2.24, 2.45) is 0 Å². The predicted octanol–water partition coefficient (Wildman–Crippen LogP) is 0.183. The second kappa shape index (κ2) is 3.47. The first-order valence-electron chi connectivity index (χ1n) is 3.23. The fourth-order valence-electron chi connectivity index (χ4n) is 0.618. The molecule has 0 radical (unpaired) electrons. The third-order valence-corrected chi connectivity index (χ3v) is 1.12. The van der Waals surface area contributed by atoms with Crippen LogP contribution in [0.2, 0.25) is 0 Å². The molecule has 0 aliphatic heterocycles. The Labute approximate surface area is 69.3 Å². The Hall–Kier alpha value is -1.91. The van der Waals surface area contributed by atoms with Crippen molar-refractivity contribution in [1.82, 2.24) is 9.97 Å². The summed E-state index contributed by atoms with van der Waals surface area (Å²) in [4.78, 5) is 18.2. The lowest BCUT2D eigenvalue weighted by Crippen LogP contribution is -2.09. The number of rotatable bonds is 2. The Kier molecular flexibility index (Phi) is 2.37. The highest BCUT2D eigenvalue weighted by Crippen LogP contribution is 2.03. The molecule has 1 aromatic heterocycles. The lowest BCUT2D eigenvalue weighted by molar-refractivity contribution is -0.111. The molecular weight excluding hydrogens is 156 g/mol. The monoisotopic (exact) mass is 164 g/mol. The van der Waals surface area contributed by atoms with Crippen LogP contribution in [0.3, 0.4) is 0 Å². The quantitative estimate of drug-likeness (QED) is 0.611. The fraction of sp³-hybridized carbons (Fsp3) is 0. The van der Waals surface area contributed by atoms with Crippen LogP contribution in [0.25, 0.3) is 0 Å². The van der Waals surface area contributed by atoms with Gasteiger partial charge in [0, 0.05) is 6.07 Å². The van der Waals surface area contributed by atoms with Crippen molar-refractivity contribution in [3.05, 3.63) is 25.0 Å². The van der Waals surface area contributed by atoms with Crippen LogP contribution in [0.4, 0.5) is 11.6 Å². The van der Waals surface area contributed by atoms with Gasteiger partial charge in [0.2, 0.25) is 5.91 Å². The number of nitrogen functional groups attached to an aromatic ring is 1. The van der Waals surface area contributed by atoms with E-state index in [4.69, 9.17) is 5.73 Å². The number of hydrogen-bond donors (Lipinski definition) is 2. The normalized spacial score (nSPS) is 9.00. The Morgan fingerprint density at radius 2 is 2.42 bits per heavy atom. The fourth-order valence-corrected chi connectivity index (χ4v) is 0.618. The van der Waals surface area contributed by atoms with Crippen LogP contribution in [-0.2, 0) is 4.79 Å². The summed E-state index contributed by atoms with van der Waals surface area (Å²) < 4.78 is 0. The first kappa shape index (κ1) is 8.19. The third-order valence-electron chi connectivity index (χ3n) is 1.12. The number of anilines is 2. The smallest absolute Gasteiger partial charge is 0.248 e. The van der Waals surface area contributed by atoms with Crippen molar-refractivity contribution in [3.8, 4) is 0 Å². The van der Waals surface area contributed by atoms with Gasteiger partial charge in [0.25, 0.3) is 0 Å². The Morgan fingerprint density at radius 3 is 3.00 bits per heavy atom. The topological polar surface area (TPSA) is 80.9 Å². The molecule has 5 heteroatoms.